The molecule has 1 amide bonds. The summed E-state index contributed by atoms with van der Waals surface area (Å²) in [5.74, 6) is -0.734. The van der Waals surface area contributed by atoms with Gasteiger partial charge >= 0.3 is 0 Å². The highest BCUT2D eigenvalue weighted by atomic mass is 35.5. The molecule has 1 fully saturated rings. The Bertz CT molecular complexity index is 764. The third-order valence-electron chi connectivity index (χ3n) is 4.28. The molecule has 25 heavy (non-hydrogen) atoms. The van der Waals surface area contributed by atoms with Crippen molar-refractivity contribution in [1.82, 2.24) is 0 Å². The van der Waals surface area contributed by atoms with Crippen LogP contribution in [0.4, 0.5) is 15.8 Å². The van der Waals surface area contributed by atoms with Gasteiger partial charge in [0.25, 0.3) is 5.91 Å². The van der Waals surface area contributed by atoms with Crippen molar-refractivity contribution in [2.75, 3.05) is 42.9 Å². The highest BCUT2D eigenvalue weighted by molar-refractivity contribution is 6.33. The number of nitrogens with one attached hydrogen (secondary N) is 2. The summed E-state index contributed by atoms with van der Waals surface area (Å²) in [6.45, 7) is 3.59. The Morgan fingerprint density at radius 2 is 1.88 bits per heavy atom. The van der Waals surface area contributed by atoms with E-state index in [9.17, 15) is 9.18 Å². The van der Waals surface area contributed by atoms with E-state index >= 15 is 0 Å². The van der Waals surface area contributed by atoms with E-state index in [0.29, 0.717) is 11.6 Å². The predicted molar refractivity (Wildman–Crippen MR) is 99.3 cm³/mol. The molecule has 0 atom stereocenters. The number of carbonyl (C=O) groups is 1. The monoisotopic (exact) mass is 382 g/mol. The van der Waals surface area contributed by atoms with E-state index in [0.717, 1.165) is 41.8 Å². The lowest BCUT2D eigenvalue weighted by Crippen LogP contribution is -3.15. The summed E-state index contributed by atoms with van der Waals surface area (Å²) >= 11 is 12.0. The number of para-hydroxylation sites is 1. The van der Waals surface area contributed by atoms with E-state index in [4.69, 9.17) is 23.2 Å². The molecule has 2 aromatic carbocycles. The number of rotatable bonds is 4. The molecule has 1 aliphatic rings. The number of piperazine rings is 1. The number of halogens is 3. The Morgan fingerprint density at radius 1 is 1.16 bits per heavy atom. The molecule has 0 aromatic heterocycles. The van der Waals surface area contributed by atoms with E-state index < -0.39 is 5.82 Å². The first-order chi connectivity index (χ1) is 12.0. The molecule has 2 aromatic rings. The predicted octanol–water partition coefficient (Wildman–Crippen LogP) is 2.48. The van der Waals surface area contributed by atoms with Crippen LogP contribution in [0.5, 0.6) is 0 Å². The van der Waals surface area contributed by atoms with Crippen LogP contribution in [-0.4, -0.2) is 38.6 Å². The molecule has 1 saturated heterocycles. The van der Waals surface area contributed by atoms with Gasteiger partial charge in [-0.1, -0.05) is 35.3 Å². The Balaban J connectivity index is 1.52. The summed E-state index contributed by atoms with van der Waals surface area (Å²) in [4.78, 5) is 15.5. The second-order valence-electron chi connectivity index (χ2n) is 6.04. The Labute approximate surface area is 156 Å². The number of hydrogen-bond donors (Lipinski definition) is 2. The van der Waals surface area contributed by atoms with Crippen molar-refractivity contribution in [1.29, 1.82) is 0 Å². The van der Waals surface area contributed by atoms with Crippen molar-refractivity contribution in [3.63, 3.8) is 0 Å². The zero-order valence-corrected chi connectivity index (χ0v) is 15.1. The maximum Gasteiger partial charge on any atom is 0.279 e. The highest BCUT2D eigenvalue weighted by Crippen LogP contribution is 2.24. The molecular weight excluding hydrogens is 364 g/mol. The molecule has 7 heteroatoms. The zero-order valence-electron chi connectivity index (χ0n) is 13.6. The number of quaternary nitrogens is 1. The van der Waals surface area contributed by atoms with Gasteiger partial charge in [0.1, 0.15) is 5.82 Å². The lowest BCUT2D eigenvalue weighted by molar-refractivity contribution is -0.892. The SMILES string of the molecule is O=C(C[NH+]1CCN(c2ccccc2Cl)CC1)Nc1ccc(Cl)cc1F. The average Bonchev–Trinajstić information content (AvgIpc) is 2.59. The number of anilines is 2. The summed E-state index contributed by atoms with van der Waals surface area (Å²) in [6.07, 6.45) is 0. The minimum atomic E-state index is -0.528. The van der Waals surface area contributed by atoms with Crippen LogP contribution in [0.25, 0.3) is 0 Å². The summed E-state index contributed by atoms with van der Waals surface area (Å²) in [6, 6.07) is 12.0. The molecule has 0 spiro atoms. The summed E-state index contributed by atoms with van der Waals surface area (Å²) in [7, 11) is 0. The Hall–Kier alpha value is -1.82. The smallest absolute Gasteiger partial charge is 0.279 e. The first-order valence-electron chi connectivity index (χ1n) is 8.11. The number of benzene rings is 2. The van der Waals surface area contributed by atoms with Crippen molar-refractivity contribution in [2.24, 2.45) is 0 Å². The second-order valence-corrected chi connectivity index (χ2v) is 6.88. The number of carbonyl (C=O) groups excluding carboxylic acids is 1. The molecule has 0 unspecified atom stereocenters. The van der Waals surface area contributed by atoms with Crippen LogP contribution in [0.2, 0.25) is 10.0 Å². The third kappa shape index (κ3) is 4.63. The van der Waals surface area contributed by atoms with Gasteiger partial charge in [-0.25, -0.2) is 4.39 Å². The molecule has 0 saturated carbocycles. The second kappa shape index (κ2) is 8.04. The fourth-order valence-corrected chi connectivity index (χ4v) is 3.38. The van der Waals surface area contributed by atoms with E-state index in [1.165, 1.54) is 12.1 Å². The number of amides is 1. The summed E-state index contributed by atoms with van der Waals surface area (Å²) < 4.78 is 13.7. The van der Waals surface area contributed by atoms with Crippen molar-refractivity contribution in [3.05, 3.63) is 58.3 Å². The number of hydrogen-bond acceptors (Lipinski definition) is 2. The normalized spacial score (nSPS) is 15.2. The van der Waals surface area contributed by atoms with Crippen LogP contribution in [0.1, 0.15) is 0 Å². The number of nitrogens with zero attached hydrogens (tertiary/aromatic N) is 1. The van der Waals surface area contributed by atoms with Gasteiger partial charge in [-0.05, 0) is 30.3 Å². The molecule has 0 aliphatic carbocycles. The molecule has 1 aliphatic heterocycles. The molecule has 4 nitrogen and oxygen atoms in total. The largest absolute Gasteiger partial charge is 0.359 e. The van der Waals surface area contributed by atoms with Crippen LogP contribution in [0, 0.1) is 5.82 Å². The average molecular weight is 383 g/mol. The van der Waals surface area contributed by atoms with E-state index in [2.05, 4.69) is 10.2 Å². The van der Waals surface area contributed by atoms with Crippen molar-refractivity contribution in [3.8, 4) is 0 Å². The van der Waals surface area contributed by atoms with E-state index in [-0.39, 0.29) is 11.6 Å². The summed E-state index contributed by atoms with van der Waals surface area (Å²) in [5.41, 5.74) is 1.18. The fraction of sp³-hybridized carbons (Fsp3) is 0.278. The minimum Gasteiger partial charge on any atom is -0.359 e. The summed E-state index contributed by atoms with van der Waals surface area (Å²) in [5, 5.41) is 3.65. The molecule has 1 heterocycles. The van der Waals surface area contributed by atoms with Gasteiger partial charge in [0.05, 0.1) is 42.6 Å². The molecule has 2 N–H and O–H groups in total. The van der Waals surface area contributed by atoms with Crippen molar-refractivity contribution < 1.29 is 14.1 Å². The lowest BCUT2D eigenvalue weighted by Gasteiger charge is -2.33. The highest BCUT2D eigenvalue weighted by Gasteiger charge is 2.23. The van der Waals surface area contributed by atoms with E-state index in [1.807, 2.05) is 24.3 Å². The standard InChI is InChI=1S/C18H18Cl2FN3O/c19-13-5-6-16(15(21)11-13)22-18(25)12-23-7-9-24(10-8-23)17-4-2-1-3-14(17)20/h1-6,11H,7-10,12H2,(H,22,25)/p+1. The van der Waals surface area contributed by atoms with Gasteiger partial charge in [0.15, 0.2) is 6.54 Å². The maximum atomic E-state index is 13.7. The molecule has 0 radical (unpaired) electrons. The minimum absolute atomic E-state index is 0.156. The van der Waals surface area contributed by atoms with Gasteiger partial charge in [-0.15, -0.1) is 0 Å². The zero-order chi connectivity index (χ0) is 17.8. The van der Waals surface area contributed by atoms with Gasteiger partial charge in [0, 0.05) is 5.02 Å². The topological polar surface area (TPSA) is 36.8 Å². The van der Waals surface area contributed by atoms with Gasteiger partial charge < -0.3 is 15.1 Å². The first-order valence-corrected chi connectivity index (χ1v) is 8.86. The van der Waals surface area contributed by atoms with Gasteiger partial charge in [-0.2, -0.15) is 0 Å². The van der Waals surface area contributed by atoms with Gasteiger partial charge in [-0.3, -0.25) is 4.79 Å². The van der Waals surface area contributed by atoms with Crippen molar-refractivity contribution in [2.45, 2.75) is 0 Å². The fourth-order valence-electron chi connectivity index (χ4n) is 2.96. The third-order valence-corrected chi connectivity index (χ3v) is 4.83. The Kier molecular flexibility index (Phi) is 5.78. The maximum absolute atomic E-state index is 13.7. The quantitative estimate of drug-likeness (QED) is 0.851. The molecule has 0 bridgehead atoms. The van der Waals surface area contributed by atoms with Gasteiger partial charge in [0.2, 0.25) is 0 Å². The first kappa shape index (κ1) is 18.0. The van der Waals surface area contributed by atoms with Crippen LogP contribution < -0.4 is 15.1 Å². The van der Waals surface area contributed by atoms with Crippen molar-refractivity contribution >= 4 is 40.5 Å². The van der Waals surface area contributed by atoms with Crippen LogP contribution >= 0.6 is 23.2 Å². The molecular formula is C18H19Cl2FN3O+. The molecule has 132 valence electrons. The molecule has 3 rings (SSSR count). The lowest BCUT2D eigenvalue weighted by atomic mass is 10.2. The van der Waals surface area contributed by atoms with Crippen LogP contribution in [0.3, 0.4) is 0 Å². The van der Waals surface area contributed by atoms with Crippen LogP contribution in [-0.2, 0) is 4.79 Å². The van der Waals surface area contributed by atoms with E-state index in [1.54, 1.807) is 6.07 Å². The van der Waals surface area contributed by atoms with Crippen LogP contribution in [0.15, 0.2) is 42.5 Å². The Morgan fingerprint density at radius 3 is 2.56 bits per heavy atom.